The maximum atomic E-state index is 12.7. The van der Waals surface area contributed by atoms with Crippen LogP contribution in [0.5, 0.6) is 0 Å². The van der Waals surface area contributed by atoms with E-state index in [0.29, 0.717) is 18.3 Å². The molecule has 1 amide bonds. The molecule has 2 aromatic rings. The van der Waals surface area contributed by atoms with E-state index in [2.05, 4.69) is 41.1 Å². The minimum absolute atomic E-state index is 0.00431. The number of hydrogen-bond donors (Lipinski definition) is 1. The van der Waals surface area contributed by atoms with Crippen LogP contribution in [0.25, 0.3) is 0 Å². The van der Waals surface area contributed by atoms with E-state index >= 15 is 0 Å². The zero-order valence-corrected chi connectivity index (χ0v) is 15.7. The highest BCUT2D eigenvalue weighted by atomic mass is 32.1. The number of carbonyl (C=O) groups is 1. The first-order chi connectivity index (χ1) is 12.1. The van der Waals surface area contributed by atoms with Crippen molar-refractivity contribution in [2.75, 3.05) is 13.6 Å². The van der Waals surface area contributed by atoms with E-state index in [4.69, 9.17) is 5.73 Å². The Morgan fingerprint density at radius 2 is 2.16 bits per heavy atom. The first-order valence-corrected chi connectivity index (χ1v) is 9.66. The molecule has 0 spiro atoms. The molecule has 1 aliphatic heterocycles. The van der Waals surface area contributed by atoms with Crippen molar-refractivity contribution < 1.29 is 4.79 Å². The number of thiazole rings is 1. The quantitative estimate of drug-likeness (QED) is 0.893. The molecule has 1 fully saturated rings. The van der Waals surface area contributed by atoms with Gasteiger partial charge in [-0.2, -0.15) is 0 Å². The number of rotatable bonds is 5. The summed E-state index contributed by atoms with van der Waals surface area (Å²) in [6.45, 7) is 4.61. The van der Waals surface area contributed by atoms with Gasteiger partial charge >= 0.3 is 0 Å². The maximum absolute atomic E-state index is 12.7. The molecule has 1 aliphatic rings. The third kappa shape index (κ3) is 4.26. The molecule has 0 unspecified atom stereocenters. The molecule has 0 radical (unpaired) electrons. The van der Waals surface area contributed by atoms with Crippen LogP contribution in [0, 0.1) is 0 Å². The smallest absolute Gasteiger partial charge is 0.273 e. The fourth-order valence-electron chi connectivity index (χ4n) is 3.45. The lowest BCUT2D eigenvalue weighted by molar-refractivity contribution is 0.0534. The monoisotopic (exact) mass is 358 g/mol. The van der Waals surface area contributed by atoms with Gasteiger partial charge in [0.25, 0.3) is 5.91 Å². The van der Waals surface area contributed by atoms with Crippen LogP contribution in [-0.2, 0) is 13.1 Å². The Hall–Kier alpha value is -1.76. The van der Waals surface area contributed by atoms with Crippen LogP contribution >= 0.6 is 11.3 Å². The molecule has 1 aromatic carbocycles. The van der Waals surface area contributed by atoms with Crippen molar-refractivity contribution in [2.24, 2.45) is 5.73 Å². The summed E-state index contributed by atoms with van der Waals surface area (Å²) in [4.78, 5) is 21.4. The van der Waals surface area contributed by atoms with Gasteiger partial charge in [0.05, 0.1) is 0 Å². The van der Waals surface area contributed by atoms with Crippen LogP contribution in [0.1, 0.15) is 40.8 Å². The van der Waals surface area contributed by atoms with Crippen LogP contribution < -0.4 is 5.73 Å². The SMILES string of the molecule is C[C@@H]1C[C@H](N(C)C(=O)c2csc(CN)n2)CCN1Cc1ccccc1. The van der Waals surface area contributed by atoms with Crippen molar-refractivity contribution in [3.8, 4) is 0 Å². The van der Waals surface area contributed by atoms with Gasteiger partial charge in [-0.15, -0.1) is 11.3 Å². The summed E-state index contributed by atoms with van der Waals surface area (Å²) < 4.78 is 0. The molecule has 134 valence electrons. The minimum Gasteiger partial charge on any atom is -0.337 e. The predicted octanol–water partition coefficient (Wildman–Crippen LogP) is 2.73. The second-order valence-corrected chi connectivity index (χ2v) is 7.67. The van der Waals surface area contributed by atoms with Gasteiger partial charge in [-0.3, -0.25) is 9.69 Å². The van der Waals surface area contributed by atoms with Crippen LogP contribution in [-0.4, -0.2) is 46.4 Å². The van der Waals surface area contributed by atoms with Crippen LogP contribution in [0.4, 0.5) is 0 Å². The van der Waals surface area contributed by atoms with Gasteiger partial charge < -0.3 is 10.6 Å². The molecule has 25 heavy (non-hydrogen) atoms. The van der Waals surface area contributed by atoms with E-state index in [0.717, 1.165) is 30.9 Å². The normalized spacial score (nSPS) is 21.2. The Kier molecular flexibility index (Phi) is 5.83. The predicted molar refractivity (Wildman–Crippen MR) is 101 cm³/mol. The van der Waals surface area contributed by atoms with E-state index in [-0.39, 0.29) is 11.9 Å². The molecule has 0 aliphatic carbocycles. The van der Waals surface area contributed by atoms with Gasteiger partial charge in [-0.25, -0.2) is 4.98 Å². The Balaban J connectivity index is 1.59. The van der Waals surface area contributed by atoms with E-state index in [1.807, 2.05) is 23.4 Å². The molecule has 1 aromatic heterocycles. The van der Waals surface area contributed by atoms with E-state index < -0.39 is 0 Å². The largest absolute Gasteiger partial charge is 0.337 e. The average molecular weight is 359 g/mol. The number of benzene rings is 1. The fraction of sp³-hybridized carbons (Fsp3) is 0.474. The first-order valence-electron chi connectivity index (χ1n) is 8.78. The summed E-state index contributed by atoms with van der Waals surface area (Å²) in [6, 6.07) is 11.3. The summed E-state index contributed by atoms with van der Waals surface area (Å²) in [5.74, 6) is 0.00431. The standard InChI is InChI=1S/C19H26N4OS/c1-14-10-16(8-9-23(14)12-15-6-4-3-5-7-15)22(2)19(24)17-13-25-18(11-20)21-17/h3-7,13-14,16H,8-12,20H2,1-2H3/t14-,16-/m1/s1. The zero-order chi connectivity index (χ0) is 17.8. The summed E-state index contributed by atoms with van der Waals surface area (Å²) in [7, 11) is 1.90. The lowest BCUT2D eigenvalue weighted by atomic mass is 9.96. The Morgan fingerprint density at radius 3 is 2.80 bits per heavy atom. The Morgan fingerprint density at radius 1 is 1.40 bits per heavy atom. The summed E-state index contributed by atoms with van der Waals surface area (Å²) >= 11 is 1.45. The zero-order valence-electron chi connectivity index (χ0n) is 14.9. The lowest BCUT2D eigenvalue weighted by Crippen LogP contribution is -2.49. The van der Waals surface area contributed by atoms with Gasteiger partial charge in [0.2, 0.25) is 0 Å². The Labute approximate surface area is 153 Å². The van der Waals surface area contributed by atoms with Crippen molar-refractivity contribution >= 4 is 17.2 Å². The highest BCUT2D eigenvalue weighted by Gasteiger charge is 2.30. The van der Waals surface area contributed by atoms with Gasteiger partial charge in [0, 0.05) is 44.1 Å². The number of aromatic nitrogens is 1. The van der Waals surface area contributed by atoms with Crippen molar-refractivity contribution in [3.05, 3.63) is 52.0 Å². The first kappa shape index (κ1) is 18.0. The Bertz CT molecular complexity index is 702. The highest BCUT2D eigenvalue weighted by molar-refractivity contribution is 7.09. The molecule has 5 nitrogen and oxygen atoms in total. The van der Waals surface area contributed by atoms with Crippen molar-refractivity contribution in [1.82, 2.24) is 14.8 Å². The molecular formula is C19H26N4OS. The second-order valence-electron chi connectivity index (χ2n) is 6.73. The fourth-order valence-corrected chi connectivity index (χ4v) is 4.10. The summed E-state index contributed by atoms with van der Waals surface area (Å²) in [6.07, 6.45) is 1.98. The van der Waals surface area contributed by atoms with Crippen molar-refractivity contribution in [2.45, 2.75) is 44.9 Å². The molecule has 2 N–H and O–H groups in total. The van der Waals surface area contributed by atoms with Crippen LogP contribution in [0.2, 0.25) is 0 Å². The van der Waals surface area contributed by atoms with Crippen molar-refractivity contribution in [3.63, 3.8) is 0 Å². The molecule has 0 bridgehead atoms. The topological polar surface area (TPSA) is 62.5 Å². The number of carbonyl (C=O) groups excluding carboxylic acids is 1. The van der Waals surface area contributed by atoms with E-state index in [1.54, 1.807) is 0 Å². The summed E-state index contributed by atoms with van der Waals surface area (Å²) in [5, 5.41) is 2.62. The molecule has 1 saturated heterocycles. The highest BCUT2D eigenvalue weighted by Crippen LogP contribution is 2.24. The number of piperidine rings is 1. The number of amides is 1. The number of likely N-dealkylation sites (tertiary alicyclic amines) is 1. The van der Waals surface area contributed by atoms with E-state index in [9.17, 15) is 4.79 Å². The molecular weight excluding hydrogens is 332 g/mol. The number of nitrogens with two attached hydrogens (primary N) is 1. The summed E-state index contributed by atoms with van der Waals surface area (Å²) in [5.41, 5.74) is 7.46. The van der Waals surface area contributed by atoms with E-state index in [1.165, 1.54) is 16.9 Å². The minimum atomic E-state index is 0.00431. The molecule has 3 rings (SSSR count). The molecule has 2 atom stereocenters. The second kappa shape index (κ2) is 8.08. The van der Waals surface area contributed by atoms with Gasteiger partial charge in [0.15, 0.2) is 0 Å². The van der Waals surface area contributed by atoms with Gasteiger partial charge in [0.1, 0.15) is 10.7 Å². The molecule has 0 saturated carbocycles. The average Bonchev–Trinajstić information content (AvgIpc) is 3.12. The number of hydrogen-bond acceptors (Lipinski definition) is 5. The lowest BCUT2D eigenvalue weighted by Gasteiger charge is -2.41. The maximum Gasteiger partial charge on any atom is 0.273 e. The third-order valence-electron chi connectivity index (χ3n) is 5.03. The third-order valence-corrected chi connectivity index (χ3v) is 5.90. The van der Waals surface area contributed by atoms with Crippen LogP contribution in [0.3, 0.4) is 0 Å². The van der Waals surface area contributed by atoms with Gasteiger partial charge in [-0.1, -0.05) is 30.3 Å². The molecule has 2 heterocycles. The number of nitrogens with zero attached hydrogens (tertiary/aromatic N) is 3. The molecule has 6 heteroatoms. The van der Waals surface area contributed by atoms with Crippen LogP contribution in [0.15, 0.2) is 35.7 Å². The van der Waals surface area contributed by atoms with Gasteiger partial charge in [-0.05, 0) is 25.3 Å². The van der Waals surface area contributed by atoms with Crippen molar-refractivity contribution in [1.29, 1.82) is 0 Å².